The van der Waals surface area contributed by atoms with Crippen molar-refractivity contribution in [3.8, 4) is 0 Å². The molecule has 2 aromatic carbocycles. The van der Waals surface area contributed by atoms with Crippen molar-refractivity contribution in [3.63, 3.8) is 0 Å². The van der Waals surface area contributed by atoms with Gasteiger partial charge in [-0.05, 0) is 48.9 Å². The molecule has 5 N–H and O–H groups in total. The van der Waals surface area contributed by atoms with Gasteiger partial charge in [0, 0.05) is 11.7 Å². The molecule has 0 radical (unpaired) electrons. The first-order valence-corrected chi connectivity index (χ1v) is 9.88. The van der Waals surface area contributed by atoms with Gasteiger partial charge in [0.2, 0.25) is 21.8 Å². The molecule has 10 heteroatoms. The fourth-order valence-corrected chi connectivity index (χ4v) is 2.81. The predicted molar refractivity (Wildman–Crippen MR) is 102 cm³/mol. The topological polar surface area (TPSA) is 130 Å². The molecule has 8 nitrogen and oxygen atoms in total. The molecular formula is C18H21FN4O4S. The van der Waals surface area contributed by atoms with E-state index in [1.165, 1.54) is 36.4 Å². The van der Waals surface area contributed by atoms with E-state index in [9.17, 15) is 22.4 Å². The van der Waals surface area contributed by atoms with Crippen molar-refractivity contribution < 1.29 is 22.4 Å². The summed E-state index contributed by atoms with van der Waals surface area (Å²) in [6, 6.07) is 11.0. The number of anilines is 1. The summed E-state index contributed by atoms with van der Waals surface area (Å²) in [4.78, 5) is 23.6. The number of sulfonamides is 1. The maximum absolute atomic E-state index is 12.8. The van der Waals surface area contributed by atoms with Gasteiger partial charge in [-0.15, -0.1) is 0 Å². The summed E-state index contributed by atoms with van der Waals surface area (Å²) < 4.78 is 35.3. The van der Waals surface area contributed by atoms with Crippen LogP contribution >= 0.6 is 0 Å². The zero-order valence-corrected chi connectivity index (χ0v) is 15.9. The number of primary sulfonamides is 1. The highest BCUT2D eigenvalue weighted by molar-refractivity contribution is 7.89. The van der Waals surface area contributed by atoms with E-state index in [1.54, 1.807) is 19.1 Å². The van der Waals surface area contributed by atoms with Crippen molar-refractivity contribution in [3.05, 3.63) is 59.9 Å². The standard InChI is InChI=1S/C18H21FN4O4S/c1-12(13-2-8-16(9-3-13)28(20,26)27)21-10-17(24)22-11-18(25)23-15-6-4-14(19)5-7-15/h2-9,12,21H,10-11H2,1H3,(H,22,24)(H,23,25)(H2,20,26,27)/t12-/m1/s1. The van der Waals surface area contributed by atoms with Gasteiger partial charge in [0.15, 0.2) is 0 Å². The van der Waals surface area contributed by atoms with E-state index in [1.807, 2.05) is 0 Å². The molecule has 1 atom stereocenters. The third-order valence-corrected chi connectivity index (χ3v) is 4.78. The van der Waals surface area contributed by atoms with Crippen LogP contribution in [0.3, 0.4) is 0 Å². The Morgan fingerprint density at radius 1 is 1.00 bits per heavy atom. The van der Waals surface area contributed by atoms with Crippen molar-refractivity contribution >= 4 is 27.5 Å². The highest BCUT2D eigenvalue weighted by atomic mass is 32.2. The molecule has 2 aromatic rings. The molecule has 150 valence electrons. The van der Waals surface area contributed by atoms with Crippen LogP contribution in [0.2, 0.25) is 0 Å². The van der Waals surface area contributed by atoms with Crippen molar-refractivity contribution in [2.75, 3.05) is 18.4 Å². The smallest absolute Gasteiger partial charge is 0.243 e. The lowest BCUT2D eigenvalue weighted by molar-refractivity contribution is -0.123. The third kappa shape index (κ3) is 6.72. The van der Waals surface area contributed by atoms with E-state index in [-0.39, 0.29) is 29.9 Å². The van der Waals surface area contributed by atoms with Gasteiger partial charge in [-0.2, -0.15) is 0 Å². The van der Waals surface area contributed by atoms with Crippen LogP contribution in [0.5, 0.6) is 0 Å². The highest BCUT2D eigenvalue weighted by Gasteiger charge is 2.11. The van der Waals surface area contributed by atoms with Gasteiger partial charge in [0.25, 0.3) is 0 Å². The molecule has 0 heterocycles. The second kappa shape index (κ2) is 9.40. The van der Waals surface area contributed by atoms with Crippen LogP contribution in [0, 0.1) is 5.82 Å². The SMILES string of the molecule is C[C@@H](NCC(=O)NCC(=O)Nc1ccc(F)cc1)c1ccc(S(N)(=O)=O)cc1. The van der Waals surface area contributed by atoms with E-state index in [4.69, 9.17) is 5.14 Å². The van der Waals surface area contributed by atoms with Crippen LogP contribution in [-0.2, 0) is 19.6 Å². The number of carbonyl (C=O) groups excluding carboxylic acids is 2. The second-order valence-corrected chi connectivity index (χ2v) is 7.61. The van der Waals surface area contributed by atoms with Crippen LogP contribution in [0.25, 0.3) is 0 Å². The maximum Gasteiger partial charge on any atom is 0.243 e. The van der Waals surface area contributed by atoms with Gasteiger partial charge in [0.1, 0.15) is 5.82 Å². The van der Waals surface area contributed by atoms with Crippen molar-refractivity contribution in [2.45, 2.75) is 17.9 Å². The number of benzene rings is 2. The van der Waals surface area contributed by atoms with Gasteiger partial charge in [0.05, 0.1) is 18.0 Å². The Balaban J connectivity index is 1.75. The summed E-state index contributed by atoms with van der Waals surface area (Å²) in [7, 11) is -3.75. The van der Waals surface area contributed by atoms with Gasteiger partial charge in [-0.1, -0.05) is 12.1 Å². The molecular weight excluding hydrogens is 387 g/mol. The van der Waals surface area contributed by atoms with E-state index in [2.05, 4.69) is 16.0 Å². The number of halogens is 1. The van der Waals surface area contributed by atoms with Crippen molar-refractivity contribution in [1.29, 1.82) is 0 Å². The fraction of sp³-hybridized carbons (Fsp3) is 0.222. The normalized spacial score (nSPS) is 12.2. The Bertz CT molecular complexity index is 931. The van der Waals surface area contributed by atoms with Crippen LogP contribution in [0.1, 0.15) is 18.5 Å². The van der Waals surface area contributed by atoms with E-state index >= 15 is 0 Å². The number of amides is 2. The van der Waals surface area contributed by atoms with Crippen LogP contribution in [0.15, 0.2) is 53.4 Å². The van der Waals surface area contributed by atoms with E-state index < -0.39 is 21.7 Å². The minimum atomic E-state index is -3.75. The molecule has 0 aliphatic carbocycles. The monoisotopic (exact) mass is 408 g/mol. The first kappa shape index (κ1) is 21.5. The zero-order valence-electron chi connectivity index (χ0n) is 15.1. The summed E-state index contributed by atoms with van der Waals surface area (Å²) in [6.45, 7) is 1.54. The summed E-state index contributed by atoms with van der Waals surface area (Å²) in [5, 5.41) is 13.0. The lowest BCUT2D eigenvalue weighted by atomic mass is 10.1. The van der Waals surface area contributed by atoms with Crippen LogP contribution in [0.4, 0.5) is 10.1 Å². The molecule has 0 aromatic heterocycles. The second-order valence-electron chi connectivity index (χ2n) is 6.05. The Morgan fingerprint density at radius 2 is 1.61 bits per heavy atom. The van der Waals surface area contributed by atoms with Gasteiger partial charge >= 0.3 is 0 Å². The number of carbonyl (C=O) groups is 2. The maximum atomic E-state index is 12.8. The number of hydrogen-bond donors (Lipinski definition) is 4. The molecule has 0 fully saturated rings. The first-order valence-electron chi connectivity index (χ1n) is 8.33. The molecule has 0 unspecified atom stereocenters. The molecule has 0 aliphatic heterocycles. The van der Waals surface area contributed by atoms with Crippen molar-refractivity contribution in [1.82, 2.24) is 10.6 Å². The third-order valence-electron chi connectivity index (χ3n) is 3.85. The van der Waals surface area contributed by atoms with E-state index in [0.29, 0.717) is 5.69 Å². The molecule has 28 heavy (non-hydrogen) atoms. The average molecular weight is 408 g/mol. The van der Waals surface area contributed by atoms with Crippen LogP contribution in [-0.4, -0.2) is 33.3 Å². The summed E-state index contributed by atoms with van der Waals surface area (Å²) in [5.74, 6) is -1.24. The van der Waals surface area contributed by atoms with Gasteiger partial charge in [-0.3, -0.25) is 9.59 Å². The van der Waals surface area contributed by atoms with Crippen molar-refractivity contribution in [2.24, 2.45) is 5.14 Å². The molecule has 0 saturated heterocycles. The Morgan fingerprint density at radius 3 is 2.18 bits per heavy atom. The molecule has 2 rings (SSSR count). The summed E-state index contributed by atoms with van der Waals surface area (Å²) in [6.07, 6.45) is 0. The molecule has 0 aliphatic rings. The number of nitrogens with one attached hydrogen (secondary N) is 3. The number of nitrogens with two attached hydrogens (primary N) is 1. The minimum absolute atomic E-state index is 0.00774. The summed E-state index contributed by atoms with van der Waals surface area (Å²) >= 11 is 0. The molecule has 0 bridgehead atoms. The fourth-order valence-electron chi connectivity index (χ4n) is 2.29. The minimum Gasteiger partial charge on any atom is -0.346 e. The molecule has 2 amide bonds. The highest BCUT2D eigenvalue weighted by Crippen LogP contribution is 2.15. The quantitative estimate of drug-likeness (QED) is 0.515. The van der Waals surface area contributed by atoms with Gasteiger partial charge in [-0.25, -0.2) is 17.9 Å². The number of hydrogen-bond acceptors (Lipinski definition) is 5. The number of rotatable bonds is 8. The van der Waals surface area contributed by atoms with E-state index in [0.717, 1.165) is 5.56 Å². The Labute approximate surface area is 162 Å². The van der Waals surface area contributed by atoms with Gasteiger partial charge < -0.3 is 16.0 Å². The zero-order chi connectivity index (χ0) is 20.7. The summed E-state index contributed by atoms with van der Waals surface area (Å²) in [5.41, 5.74) is 1.20. The first-order chi connectivity index (χ1) is 13.1. The Kier molecular flexibility index (Phi) is 7.21. The lowest BCUT2D eigenvalue weighted by Gasteiger charge is -2.14. The predicted octanol–water partition coefficient (Wildman–Crippen LogP) is 0.879. The average Bonchev–Trinajstić information content (AvgIpc) is 2.65. The van der Waals surface area contributed by atoms with Crippen LogP contribution < -0.4 is 21.1 Å². The lowest BCUT2D eigenvalue weighted by Crippen LogP contribution is -2.39. The Hall–Kier alpha value is -2.82. The molecule has 0 spiro atoms. The molecule has 0 saturated carbocycles. The largest absolute Gasteiger partial charge is 0.346 e.